The van der Waals surface area contributed by atoms with Crippen LogP contribution in [-0.4, -0.2) is 57.6 Å². The van der Waals surface area contributed by atoms with Gasteiger partial charge in [0.05, 0.1) is 24.5 Å². The Balaban J connectivity index is 1.46. The largest absolute Gasteiger partial charge is 0.376 e. The van der Waals surface area contributed by atoms with Gasteiger partial charge in [-0.05, 0) is 31.7 Å². The first kappa shape index (κ1) is 21.9. The molecule has 1 saturated heterocycles. The van der Waals surface area contributed by atoms with E-state index >= 15 is 0 Å². The lowest BCUT2D eigenvalue weighted by Crippen LogP contribution is -2.55. The topological polar surface area (TPSA) is 87.3 Å². The lowest BCUT2D eigenvalue weighted by Gasteiger charge is -2.41. The average Bonchev–Trinajstić information content (AvgIpc) is 3.28. The third kappa shape index (κ3) is 3.99. The number of carbonyl (C=O) groups is 1. The maximum Gasteiger partial charge on any atom is 0.290 e. The van der Waals surface area contributed by atoms with Gasteiger partial charge in [-0.1, -0.05) is 19.3 Å². The Morgan fingerprint density at radius 3 is 2.73 bits per heavy atom. The number of imidazole rings is 1. The second kappa shape index (κ2) is 9.14. The molecule has 0 unspecified atom stereocenters. The van der Waals surface area contributed by atoms with Gasteiger partial charge >= 0.3 is 0 Å². The Hall–Kier alpha value is -2.92. The van der Waals surface area contributed by atoms with Crippen LogP contribution in [0, 0.1) is 11.3 Å². The Morgan fingerprint density at radius 2 is 2.03 bits per heavy atom. The van der Waals surface area contributed by atoms with Crippen LogP contribution in [0.4, 0.5) is 5.82 Å². The van der Waals surface area contributed by atoms with Crippen LogP contribution in [0.5, 0.6) is 0 Å². The number of piperazine rings is 1. The monoisotopic (exact) mass is 448 g/mol. The minimum absolute atomic E-state index is 0.00575. The van der Waals surface area contributed by atoms with Crippen molar-refractivity contribution in [3.8, 4) is 6.07 Å². The van der Waals surface area contributed by atoms with Crippen molar-refractivity contribution in [1.82, 2.24) is 19.4 Å². The summed E-state index contributed by atoms with van der Waals surface area (Å²) in [5.41, 5.74) is 4.14. The molecule has 1 aliphatic carbocycles. The fraction of sp³-hybridized carbons (Fsp3) is 0.600. The van der Waals surface area contributed by atoms with Crippen LogP contribution >= 0.6 is 0 Å². The zero-order valence-corrected chi connectivity index (χ0v) is 19.6. The minimum Gasteiger partial charge on any atom is -0.376 e. The van der Waals surface area contributed by atoms with Crippen LogP contribution in [0.3, 0.4) is 0 Å². The predicted molar refractivity (Wildman–Crippen MR) is 124 cm³/mol. The van der Waals surface area contributed by atoms with Gasteiger partial charge in [-0.2, -0.15) is 5.26 Å². The number of amides is 1. The molecule has 1 atom stereocenters. The molecule has 174 valence electrons. The molecule has 8 heteroatoms. The van der Waals surface area contributed by atoms with Crippen LogP contribution in [0.15, 0.2) is 12.4 Å². The highest BCUT2D eigenvalue weighted by molar-refractivity contribution is 5.91. The quantitative estimate of drug-likeness (QED) is 0.717. The molecule has 0 spiro atoms. The number of aryl methyl sites for hydroxylation is 1. The number of pyridine rings is 1. The van der Waals surface area contributed by atoms with Gasteiger partial charge in [0.2, 0.25) is 0 Å². The fourth-order valence-electron chi connectivity index (χ4n) is 5.68. The van der Waals surface area contributed by atoms with Gasteiger partial charge in [-0.3, -0.25) is 4.79 Å². The highest BCUT2D eigenvalue weighted by Gasteiger charge is 2.34. The SMILES string of the molecule is C[C@@H]1CN(c2nc(C3CCCCC3)c3c(c2C#N)CCOC3)CCN1C(=O)c1nccn1C. The normalized spacial score (nSPS) is 21.5. The number of hydrogen-bond donors (Lipinski definition) is 0. The molecule has 5 rings (SSSR count). The van der Waals surface area contributed by atoms with E-state index in [1.54, 1.807) is 17.0 Å². The van der Waals surface area contributed by atoms with Crippen molar-refractivity contribution in [2.75, 3.05) is 31.1 Å². The van der Waals surface area contributed by atoms with E-state index in [1.807, 2.05) is 11.9 Å². The number of nitrogens with zero attached hydrogens (tertiary/aromatic N) is 6. The summed E-state index contributed by atoms with van der Waals surface area (Å²) in [6.45, 7) is 5.16. The van der Waals surface area contributed by atoms with Crippen LogP contribution in [0.25, 0.3) is 0 Å². The highest BCUT2D eigenvalue weighted by Crippen LogP contribution is 2.39. The number of anilines is 1. The summed E-state index contributed by atoms with van der Waals surface area (Å²) >= 11 is 0. The maximum atomic E-state index is 13.1. The molecule has 0 bridgehead atoms. The average molecular weight is 449 g/mol. The van der Waals surface area contributed by atoms with Crippen molar-refractivity contribution in [3.63, 3.8) is 0 Å². The molecule has 4 heterocycles. The van der Waals surface area contributed by atoms with Gasteiger partial charge < -0.3 is 19.1 Å². The lowest BCUT2D eigenvalue weighted by molar-refractivity contribution is 0.0657. The molecule has 33 heavy (non-hydrogen) atoms. The molecule has 8 nitrogen and oxygen atoms in total. The van der Waals surface area contributed by atoms with Crippen molar-refractivity contribution in [3.05, 3.63) is 40.6 Å². The Morgan fingerprint density at radius 1 is 1.21 bits per heavy atom. The highest BCUT2D eigenvalue weighted by atomic mass is 16.5. The van der Waals surface area contributed by atoms with E-state index in [-0.39, 0.29) is 11.9 Å². The number of ether oxygens (including phenoxy) is 1. The van der Waals surface area contributed by atoms with Crippen molar-refractivity contribution in [2.45, 2.75) is 64.0 Å². The summed E-state index contributed by atoms with van der Waals surface area (Å²) in [6.07, 6.45) is 10.3. The van der Waals surface area contributed by atoms with E-state index in [4.69, 9.17) is 9.72 Å². The van der Waals surface area contributed by atoms with Crippen LogP contribution in [-0.2, 0) is 24.8 Å². The van der Waals surface area contributed by atoms with Crippen LogP contribution < -0.4 is 4.90 Å². The third-order valence-electron chi connectivity index (χ3n) is 7.47. The van der Waals surface area contributed by atoms with Gasteiger partial charge in [0.25, 0.3) is 5.91 Å². The van der Waals surface area contributed by atoms with Gasteiger partial charge in [0, 0.05) is 56.6 Å². The number of rotatable bonds is 3. The first-order chi connectivity index (χ1) is 16.1. The molecule has 0 N–H and O–H groups in total. The number of nitriles is 1. The Kier molecular flexibility index (Phi) is 6.07. The molecular weight excluding hydrogens is 416 g/mol. The van der Waals surface area contributed by atoms with Gasteiger partial charge in [-0.25, -0.2) is 9.97 Å². The molecule has 0 radical (unpaired) electrons. The molecule has 2 aliphatic heterocycles. The summed E-state index contributed by atoms with van der Waals surface area (Å²) in [6, 6.07) is 2.47. The van der Waals surface area contributed by atoms with Gasteiger partial charge in [0.1, 0.15) is 11.9 Å². The van der Waals surface area contributed by atoms with Gasteiger partial charge in [-0.15, -0.1) is 0 Å². The summed E-state index contributed by atoms with van der Waals surface area (Å²) in [5.74, 6) is 1.66. The Bertz CT molecular complexity index is 1080. The number of aromatic nitrogens is 3. The molecule has 2 fully saturated rings. The van der Waals surface area contributed by atoms with Gasteiger partial charge in [0.15, 0.2) is 5.82 Å². The number of fused-ring (bicyclic) bond motifs is 1. The van der Waals surface area contributed by atoms with Crippen molar-refractivity contribution in [2.24, 2.45) is 7.05 Å². The zero-order valence-electron chi connectivity index (χ0n) is 19.6. The van der Waals surface area contributed by atoms with Crippen molar-refractivity contribution < 1.29 is 9.53 Å². The maximum absolute atomic E-state index is 13.1. The second-order valence-electron chi connectivity index (χ2n) is 9.56. The van der Waals surface area contributed by atoms with E-state index in [9.17, 15) is 10.1 Å². The smallest absolute Gasteiger partial charge is 0.290 e. The predicted octanol–water partition coefficient (Wildman–Crippen LogP) is 3.16. The molecule has 2 aromatic heterocycles. The van der Waals surface area contributed by atoms with Crippen LogP contribution in [0.2, 0.25) is 0 Å². The fourth-order valence-corrected chi connectivity index (χ4v) is 5.68. The molecule has 1 amide bonds. The summed E-state index contributed by atoms with van der Waals surface area (Å²) in [4.78, 5) is 26.6. The van der Waals surface area contributed by atoms with E-state index in [0.29, 0.717) is 50.2 Å². The van der Waals surface area contributed by atoms with E-state index in [2.05, 4.69) is 22.9 Å². The minimum atomic E-state index is -0.0476. The second-order valence-corrected chi connectivity index (χ2v) is 9.56. The third-order valence-corrected chi connectivity index (χ3v) is 7.47. The summed E-state index contributed by atoms with van der Waals surface area (Å²) in [7, 11) is 1.84. The van der Waals surface area contributed by atoms with Crippen molar-refractivity contribution >= 4 is 11.7 Å². The van der Waals surface area contributed by atoms with Crippen molar-refractivity contribution in [1.29, 1.82) is 5.26 Å². The zero-order chi connectivity index (χ0) is 22.9. The Labute approximate surface area is 195 Å². The van der Waals surface area contributed by atoms with E-state index in [0.717, 1.165) is 41.9 Å². The van der Waals surface area contributed by atoms with E-state index in [1.165, 1.54) is 19.3 Å². The molecular formula is C25H32N6O2. The molecule has 1 saturated carbocycles. The summed E-state index contributed by atoms with van der Waals surface area (Å²) < 4.78 is 7.56. The van der Waals surface area contributed by atoms with Crippen LogP contribution in [0.1, 0.15) is 77.9 Å². The number of carbonyl (C=O) groups excluding carboxylic acids is 1. The lowest BCUT2D eigenvalue weighted by atomic mass is 9.82. The molecule has 0 aromatic carbocycles. The standard InChI is InChI=1S/C25H32N6O2/c1-17-15-30(11-12-31(17)25(32)24-27-9-10-29(24)2)23-20(14-26)19-8-13-33-16-21(19)22(28-23)18-6-4-3-5-7-18/h9-10,17-18H,3-8,11-13,15-16H2,1-2H3/t17-/m1/s1. The van der Waals surface area contributed by atoms with E-state index < -0.39 is 0 Å². The number of hydrogen-bond acceptors (Lipinski definition) is 6. The molecule has 3 aliphatic rings. The first-order valence-corrected chi connectivity index (χ1v) is 12.1. The summed E-state index contributed by atoms with van der Waals surface area (Å²) in [5, 5.41) is 10.1. The first-order valence-electron chi connectivity index (χ1n) is 12.1. The molecule has 2 aromatic rings.